The largest absolute Gasteiger partial charge is 0.504 e. The summed E-state index contributed by atoms with van der Waals surface area (Å²) < 4.78 is 5.09. The van der Waals surface area contributed by atoms with Gasteiger partial charge in [0, 0.05) is 0 Å². The third kappa shape index (κ3) is 3.34. The van der Waals surface area contributed by atoms with Gasteiger partial charge in [0.05, 0.1) is 34.1 Å². The van der Waals surface area contributed by atoms with Gasteiger partial charge in [-0.15, -0.1) is 0 Å². The minimum Gasteiger partial charge on any atom is -0.504 e. The summed E-state index contributed by atoms with van der Waals surface area (Å²) in [6.45, 7) is 1.75. The molecule has 0 fully saturated rings. The van der Waals surface area contributed by atoms with E-state index in [0.717, 1.165) is 0 Å². The number of benzene rings is 2. The Hall–Kier alpha value is -2.50. The van der Waals surface area contributed by atoms with Crippen LogP contribution in [0.2, 0.25) is 10.0 Å². The highest BCUT2D eigenvalue weighted by Crippen LogP contribution is 2.32. The molecule has 0 bridgehead atoms. The van der Waals surface area contributed by atoms with Gasteiger partial charge in [0.15, 0.2) is 11.5 Å². The molecule has 0 spiro atoms. The van der Waals surface area contributed by atoms with Crippen molar-refractivity contribution >= 4 is 46.6 Å². The summed E-state index contributed by atoms with van der Waals surface area (Å²) in [5.41, 5.74) is 2.26. The molecular weight excluding hydrogens is 363 g/mol. The smallest absolute Gasteiger partial charge is 0.280 e. The molecule has 3 rings (SSSR count). The summed E-state index contributed by atoms with van der Waals surface area (Å²) in [7, 11) is 1.46. The molecule has 1 amide bonds. The van der Waals surface area contributed by atoms with Crippen molar-refractivity contribution in [3.05, 3.63) is 57.6 Å². The van der Waals surface area contributed by atoms with Crippen molar-refractivity contribution in [2.24, 2.45) is 5.10 Å². The van der Waals surface area contributed by atoms with E-state index in [2.05, 4.69) is 5.10 Å². The first-order valence-electron chi connectivity index (χ1n) is 7.34. The zero-order valence-corrected chi connectivity index (χ0v) is 15.0. The van der Waals surface area contributed by atoms with Crippen LogP contribution in [0.25, 0.3) is 6.08 Å². The van der Waals surface area contributed by atoms with Gasteiger partial charge in [0.25, 0.3) is 5.91 Å². The maximum Gasteiger partial charge on any atom is 0.280 e. The van der Waals surface area contributed by atoms with Gasteiger partial charge >= 0.3 is 0 Å². The Bertz CT molecular complexity index is 923. The number of amides is 1. The van der Waals surface area contributed by atoms with E-state index in [9.17, 15) is 9.90 Å². The van der Waals surface area contributed by atoms with E-state index in [1.165, 1.54) is 18.2 Å². The monoisotopic (exact) mass is 376 g/mol. The van der Waals surface area contributed by atoms with Gasteiger partial charge in [-0.3, -0.25) is 4.79 Å². The van der Waals surface area contributed by atoms with Crippen molar-refractivity contribution in [3.8, 4) is 11.5 Å². The maximum absolute atomic E-state index is 12.7. The van der Waals surface area contributed by atoms with Crippen LogP contribution in [0.4, 0.5) is 5.69 Å². The Kier molecular flexibility index (Phi) is 4.70. The second-order valence-electron chi connectivity index (χ2n) is 5.39. The minimum absolute atomic E-state index is 0.0326. The van der Waals surface area contributed by atoms with Crippen LogP contribution in [0.15, 0.2) is 47.1 Å². The molecule has 0 aliphatic carbocycles. The van der Waals surface area contributed by atoms with Gasteiger partial charge < -0.3 is 9.84 Å². The number of aromatic hydroxyl groups is 1. The molecule has 5 nitrogen and oxygen atoms in total. The molecule has 7 heteroatoms. The summed E-state index contributed by atoms with van der Waals surface area (Å²) >= 11 is 11.9. The third-order valence-corrected chi connectivity index (χ3v) is 4.46. The highest BCUT2D eigenvalue weighted by molar-refractivity contribution is 6.42. The van der Waals surface area contributed by atoms with Gasteiger partial charge in [-0.05, 0) is 48.9 Å². The third-order valence-electron chi connectivity index (χ3n) is 3.73. The molecule has 0 saturated heterocycles. The van der Waals surface area contributed by atoms with E-state index >= 15 is 0 Å². The fourth-order valence-electron chi connectivity index (χ4n) is 2.43. The molecule has 25 heavy (non-hydrogen) atoms. The van der Waals surface area contributed by atoms with Gasteiger partial charge in [-0.25, -0.2) is 0 Å². The quantitative estimate of drug-likeness (QED) is 0.801. The number of carbonyl (C=O) groups is 1. The van der Waals surface area contributed by atoms with Crippen molar-refractivity contribution in [2.75, 3.05) is 12.1 Å². The van der Waals surface area contributed by atoms with E-state index in [1.54, 1.807) is 43.3 Å². The first-order valence-corrected chi connectivity index (χ1v) is 8.10. The predicted molar refractivity (Wildman–Crippen MR) is 99.7 cm³/mol. The Morgan fingerprint density at radius 2 is 1.92 bits per heavy atom. The maximum atomic E-state index is 12.7. The van der Waals surface area contributed by atoms with Crippen LogP contribution in [-0.4, -0.2) is 23.8 Å². The molecule has 1 aliphatic rings. The van der Waals surface area contributed by atoms with Crippen LogP contribution in [0.1, 0.15) is 12.5 Å². The summed E-state index contributed by atoms with van der Waals surface area (Å²) in [6.07, 6.45) is 1.70. The highest BCUT2D eigenvalue weighted by Gasteiger charge is 2.29. The van der Waals surface area contributed by atoms with Crippen molar-refractivity contribution in [1.29, 1.82) is 0 Å². The van der Waals surface area contributed by atoms with Crippen molar-refractivity contribution in [3.63, 3.8) is 0 Å². The minimum atomic E-state index is -0.275. The van der Waals surface area contributed by atoms with E-state index in [-0.39, 0.29) is 11.7 Å². The summed E-state index contributed by atoms with van der Waals surface area (Å²) in [5, 5.41) is 16.0. The van der Waals surface area contributed by atoms with Crippen LogP contribution in [0.3, 0.4) is 0 Å². The average molecular weight is 377 g/mol. The Balaban J connectivity index is 1.96. The number of hydrogen-bond donors (Lipinski definition) is 1. The Morgan fingerprint density at radius 3 is 2.60 bits per heavy atom. The molecule has 1 heterocycles. The van der Waals surface area contributed by atoms with E-state index in [1.807, 2.05) is 0 Å². The lowest BCUT2D eigenvalue weighted by atomic mass is 10.1. The number of phenolic OH excluding ortho intramolecular Hbond substituents is 1. The SMILES string of the molecule is COc1cc(/C=C2/C(=O)N(c3ccc(Cl)c(Cl)c3)N=C2C)ccc1O. The molecule has 0 atom stereocenters. The number of carbonyl (C=O) groups excluding carboxylic acids is 1. The summed E-state index contributed by atoms with van der Waals surface area (Å²) in [5.74, 6) is 0.0869. The zero-order chi connectivity index (χ0) is 18.1. The van der Waals surface area contributed by atoms with Crippen LogP contribution in [0.5, 0.6) is 11.5 Å². The summed E-state index contributed by atoms with van der Waals surface area (Å²) in [6, 6.07) is 9.72. The second-order valence-corrected chi connectivity index (χ2v) is 6.20. The lowest BCUT2D eigenvalue weighted by molar-refractivity contribution is -0.114. The molecular formula is C18H14Cl2N2O3. The number of anilines is 1. The Morgan fingerprint density at radius 1 is 1.16 bits per heavy atom. The number of hydrazone groups is 1. The fourth-order valence-corrected chi connectivity index (χ4v) is 2.72. The fraction of sp³-hybridized carbons (Fsp3) is 0.111. The molecule has 2 aromatic carbocycles. The molecule has 1 aliphatic heterocycles. The van der Waals surface area contributed by atoms with Crippen LogP contribution < -0.4 is 9.75 Å². The first kappa shape index (κ1) is 17.3. The van der Waals surface area contributed by atoms with Gasteiger partial charge in [-0.2, -0.15) is 10.1 Å². The summed E-state index contributed by atoms with van der Waals surface area (Å²) in [4.78, 5) is 12.7. The standard InChI is InChI=1S/C18H14Cl2N2O3/c1-10-13(7-11-3-6-16(23)17(8-11)25-2)18(24)22(21-10)12-4-5-14(19)15(20)9-12/h3-9,23H,1-2H3/b13-7+. The molecule has 0 unspecified atom stereocenters. The topological polar surface area (TPSA) is 62.1 Å². The molecule has 0 saturated carbocycles. The van der Waals surface area contributed by atoms with Crippen molar-refractivity contribution in [2.45, 2.75) is 6.92 Å². The number of hydrogen-bond acceptors (Lipinski definition) is 4. The van der Waals surface area contributed by atoms with Gasteiger partial charge in [0.1, 0.15) is 0 Å². The van der Waals surface area contributed by atoms with Crippen LogP contribution in [0, 0.1) is 0 Å². The first-order chi connectivity index (χ1) is 11.9. The molecule has 0 aromatic heterocycles. The van der Waals surface area contributed by atoms with Gasteiger partial charge in [0.2, 0.25) is 0 Å². The van der Waals surface area contributed by atoms with Crippen molar-refractivity contribution < 1.29 is 14.6 Å². The molecule has 2 aromatic rings. The lowest BCUT2D eigenvalue weighted by Gasteiger charge is -2.12. The Labute approximate surface area is 154 Å². The van der Waals surface area contributed by atoms with Crippen LogP contribution >= 0.6 is 23.2 Å². The normalized spacial score (nSPS) is 15.7. The molecule has 1 N–H and O–H groups in total. The number of ether oxygens (including phenoxy) is 1. The van der Waals surface area contributed by atoms with E-state index in [0.29, 0.717) is 38.3 Å². The zero-order valence-electron chi connectivity index (χ0n) is 13.5. The lowest BCUT2D eigenvalue weighted by Crippen LogP contribution is -2.21. The molecule has 128 valence electrons. The van der Waals surface area contributed by atoms with E-state index in [4.69, 9.17) is 27.9 Å². The highest BCUT2D eigenvalue weighted by atomic mass is 35.5. The van der Waals surface area contributed by atoms with Crippen LogP contribution in [-0.2, 0) is 4.79 Å². The number of nitrogens with zero attached hydrogens (tertiary/aromatic N) is 2. The van der Waals surface area contributed by atoms with Gasteiger partial charge in [-0.1, -0.05) is 29.3 Å². The number of phenols is 1. The second kappa shape index (κ2) is 6.78. The number of methoxy groups -OCH3 is 1. The van der Waals surface area contributed by atoms with E-state index < -0.39 is 0 Å². The predicted octanol–water partition coefficient (Wildman–Crippen LogP) is 4.51. The average Bonchev–Trinajstić information content (AvgIpc) is 2.87. The number of halogens is 2. The number of rotatable bonds is 3. The molecule has 0 radical (unpaired) electrons. The van der Waals surface area contributed by atoms with Crippen molar-refractivity contribution in [1.82, 2.24) is 0 Å².